The fourth-order valence-electron chi connectivity index (χ4n) is 7.41. The number of furan rings is 1. The number of pyridine rings is 1. The summed E-state index contributed by atoms with van der Waals surface area (Å²) in [6.45, 7) is 2.12. The molecule has 2 aromatic heterocycles. The van der Waals surface area contributed by atoms with Crippen LogP contribution in [0.3, 0.4) is 0 Å². The van der Waals surface area contributed by atoms with Gasteiger partial charge in [0.15, 0.2) is 6.20 Å². The molecule has 3 heteroatoms. The summed E-state index contributed by atoms with van der Waals surface area (Å²) in [5.74, 6) is 1.42. The predicted octanol–water partition coefficient (Wildman–Crippen LogP) is 8.88. The lowest BCUT2D eigenvalue weighted by Gasteiger charge is -2.34. The van der Waals surface area contributed by atoms with Crippen LogP contribution in [0.5, 0.6) is 0 Å². The van der Waals surface area contributed by atoms with Gasteiger partial charge in [-0.3, -0.25) is 0 Å². The average Bonchev–Trinajstić information content (AvgIpc) is 3.32. The van der Waals surface area contributed by atoms with Crippen LogP contribution in [0, 0.1) is 24.6 Å². The Labute approximate surface area is 224 Å². The summed E-state index contributed by atoms with van der Waals surface area (Å²) in [4.78, 5) is 0. The lowest BCUT2D eigenvalue weighted by Crippen LogP contribution is -2.30. The van der Waals surface area contributed by atoms with Gasteiger partial charge in [-0.25, -0.2) is 8.96 Å². The highest BCUT2D eigenvalue weighted by Crippen LogP contribution is 2.45. The maximum absolute atomic E-state index is 15.8. The zero-order valence-electron chi connectivity index (χ0n) is 22.4. The lowest BCUT2D eigenvalue weighted by atomic mass is 9.71. The Morgan fingerprint density at radius 3 is 2.39 bits per heavy atom. The van der Waals surface area contributed by atoms with E-state index in [9.17, 15) is 0 Å². The molecule has 0 amide bonds. The van der Waals surface area contributed by atoms with Gasteiger partial charge in [0, 0.05) is 22.9 Å². The molecule has 2 heterocycles. The van der Waals surface area contributed by atoms with E-state index in [2.05, 4.69) is 67.2 Å². The predicted molar refractivity (Wildman–Crippen MR) is 153 cm³/mol. The number of nitrogens with zero attached hydrogens (tertiary/aromatic N) is 1. The topological polar surface area (TPSA) is 17.0 Å². The van der Waals surface area contributed by atoms with Gasteiger partial charge in [0.2, 0.25) is 5.69 Å². The Balaban J connectivity index is 1.40. The molecule has 38 heavy (non-hydrogen) atoms. The van der Waals surface area contributed by atoms with E-state index < -0.39 is 0 Å². The number of halogens is 1. The van der Waals surface area contributed by atoms with Gasteiger partial charge in [0.25, 0.3) is 0 Å². The van der Waals surface area contributed by atoms with Crippen LogP contribution < -0.4 is 4.57 Å². The van der Waals surface area contributed by atoms with Gasteiger partial charge >= 0.3 is 0 Å². The third-order valence-electron chi connectivity index (χ3n) is 9.38. The summed E-state index contributed by atoms with van der Waals surface area (Å²) in [5, 5.41) is 2.01. The molecular weight excluding hydrogens is 469 g/mol. The SMILES string of the molecule is Cc1ccc2c(oc3c(-c4cccc5c4CCC(C4CCCCC4)C5)c(F)ccc32)c1-c1cccc[n+]1C. The standard InChI is InChI=1S/C35H35FNO/c1-22-14-16-28-29-18-19-30(36)33(35(29)38-34(28)32(22)31-13-6-7-20-37(31)2)27-12-8-11-25-21-24(15-17-26(25)27)23-9-4-3-5-10-23/h6-8,11-14,16,18-20,23-24H,3-5,9-10,15,17,21H2,1-2H3/q+1. The fraction of sp³-hybridized carbons (Fsp3) is 0.343. The molecule has 0 bridgehead atoms. The van der Waals surface area contributed by atoms with Crippen molar-refractivity contribution < 1.29 is 13.4 Å². The second-order valence-corrected chi connectivity index (χ2v) is 11.6. The van der Waals surface area contributed by atoms with Crippen molar-refractivity contribution in [3.8, 4) is 22.4 Å². The quantitative estimate of drug-likeness (QED) is 0.224. The van der Waals surface area contributed by atoms with Gasteiger partial charge in [0.05, 0.1) is 11.1 Å². The van der Waals surface area contributed by atoms with Crippen molar-refractivity contribution in [2.75, 3.05) is 0 Å². The summed E-state index contributed by atoms with van der Waals surface area (Å²) in [6, 6.07) is 20.5. The number of benzene rings is 3. The first-order valence-corrected chi connectivity index (χ1v) is 14.3. The Morgan fingerprint density at radius 2 is 1.58 bits per heavy atom. The van der Waals surface area contributed by atoms with Crippen LogP contribution in [-0.2, 0) is 19.9 Å². The van der Waals surface area contributed by atoms with Crippen molar-refractivity contribution in [1.82, 2.24) is 0 Å². The summed E-state index contributed by atoms with van der Waals surface area (Å²) in [5.41, 5.74) is 9.14. The van der Waals surface area contributed by atoms with Crippen molar-refractivity contribution in [2.45, 2.75) is 58.3 Å². The molecule has 0 saturated heterocycles. The van der Waals surface area contributed by atoms with Gasteiger partial charge in [-0.1, -0.05) is 62.4 Å². The molecule has 1 atom stereocenters. The minimum absolute atomic E-state index is 0.206. The van der Waals surface area contributed by atoms with Crippen LogP contribution >= 0.6 is 0 Å². The van der Waals surface area contributed by atoms with Crippen LogP contribution in [0.4, 0.5) is 4.39 Å². The minimum Gasteiger partial charge on any atom is -0.454 e. The van der Waals surface area contributed by atoms with Crippen LogP contribution in [0.25, 0.3) is 44.3 Å². The fourth-order valence-corrected chi connectivity index (χ4v) is 7.41. The summed E-state index contributed by atoms with van der Waals surface area (Å²) in [7, 11) is 2.05. The van der Waals surface area contributed by atoms with Crippen LogP contribution in [-0.4, -0.2) is 0 Å². The Hall–Kier alpha value is -3.46. The van der Waals surface area contributed by atoms with Crippen molar-refractivity contribution in [3.05, 3.63) is 89.4 Å². The van der Waals surface area contributed by atoms with Crippen LogP contribution in [0.2, 0.25) is 0 Å². The highest BCUT2D eigenvalue weighted by atomic mass is 19.1. The van der Waals surface area contributed by atoms with E-state index in [1.807, 2.05) is 12.1 Å². The van der Waals surface area contributed by atoms with E-state index in [1.54, 1.807) is 6.07 Å². The van der Waals surface area contributed by atoms with E-state index in [1.165, 1.54) is 49.7 Å². The van der Waals surface area contributed by atoms with Gasteiger partial charge in [-0.05, 0) is 78.5 Å². The largest absolute Gasteiger partial charge is 0.454 e. The van der Waals surface area contributed by atoms with E-state index in [0.29, 0.717) is 11.1 Å². The van der Waals surface area contributed by atoms with E-state index in [-0.39, 0.29) is 5.82 Å². The summed E-state index contributed by atoms with van der Waals surface area (Å²) < 4.78 is 24.6. The van der Waals surface area contributed by atoms with Crippen molar-refractivity contribution in [2.24, 2.45) is 18.9 Å². The Bertz CT molecular complexity index is 1670. The van der Waals surface area contributed by atoms with Crippen LogP contribution in [0.15, 0.2) is 71.3 Å². The number of aryl methyl sites for hydroxylation is 2. The molecule has 1 unspecified atom stereocenters. The lowest BCUT2D eigenvalue weighted by molar-refractivity contribution is -0.660. The molecule has 1 fully saturated rings. The molecule has 7 rings (SSSR count). The molecular formula is C35H35FNO+. The normalized spacial score (nSPS) is 18.2. The Kier molecular flexibility index (Phi) is 5.83. The van der Waals surface area contributed by atoms with Crippen molar-refractivity contribution in [3.63, 3.8) is 0 Å². The van der Waals surface area contributed by atoms with E-state index in [0.717, 1.165) is 63.4 Å². The molecule has 0 aliphatic heterocycles. The van der Waals surface area contributed by atoms with Gasteiger partial charge in [-0.15, -0.1) is 0 Å². The smallest absolute Gasteiger partial charge is 0.216 e. The highest BCUT2D eigenvalue weighted by Gasteiger charge is 2.30. The second kappa shape index (κ2) is 9.38. The zero-order valence-corrected chi connectivity index (χ0v) is 22.4. The third-order valence-corrected chi connectivity index (χ3v) is 9.38. The Morgan fingerprint density at radius 1 is 0.789 bits per heavy atom. The molecule has 0 radical (unpaired) electrons. The molecule has 3 aromatic carbocycles. The maximum atomic E-state index is 15.8. The summed E-state index contributed by atoms with van der Waals surface area (Å²) in [6.07, 6.45) is 12.3. The first kappa shape index (κ1) is 23.6. The van der Waals surface area contributed by atoms with Crippen LogP contribution in [0.1, 0.15) is 55.2 Å². The molecule has 0 N–H and O–H groups in total. The third kappa shape index (κ3) is 3.78. The number of hydrogen-bond donors (Lipinski definition) is 0. The molecule has 2 nitrogen and oxygen atoms in total. The number of aromatic nitrogens is 1. The average molecular weight is 505 g/mol. The maximum Gasteiger partial charge on any atom is 0.216 e. The zero-order chi connectivity index (χ0) is 25.8. The first-order valence-electron chi connectivity index (χ1n) is 14.3. The monoisotopic (exact) mass is 504 g/mol. The molecule has 2 aliphatic rings. The van der Waals surface area contributed by atoms with Gasteiger partial charge in [0.1, 0.15) is 24.0 Å². The number of hydrogen-bond acceptors (Lipinski definition) is 1. The van der Waals surface area contributed by atoms with E-state index >= 15 is 4.39 Å². The molecule has 0 spiro atoms. The van der Waals surface area contributed by atoms with Crippen molar-refractivity contribution >= 4 is 21.9 Å². The van der Waals surface area contributed by atoms with E-state index in [4.69, 9.17) is 4.42 Å². The van der Waals surface area contributed by atoms with Crippen molar-refractivity contribution in [1.29, 1.82) is 0 Å². The number of fused-ring (bicyclic) bond motifs is 4. The number of rotatable bonds is 3. The second-order valence-electron chi connectivity index (χ2n) is 11.6. The molecule has 1 saturated carbocycles. The molecule has 5 aromatic rings. The highest BCUT2D eigenvalue weighted by molar-refractivity contribution is 6.13. The van der Waals surface area contributed by atoms with Gasteiger partial charge < -0.3 is 4.42 Å². The summed E-state index contributed by atoms with van der Waals surface area (Å²) >= 11 is 0. The first-order chi connectivity index (χ1) is 18.6. The van der Waals surface area contributed by atoms with Gasteiger partial charge in [-0.2, -0.15) is 0 Å². The minimum atomic E-state index is -0.206. The molecule has 192 valence electrons. The molecule has 2 aliphatic carbocycles.